The molecule has 0 radical (unpaired) electrons. The van der Waals surface area contributed by atoms with Crippen LogP contribution in [0.15, 0.2) is 15.8 Å². The number of aliphatic hydroxyl groups excluding tert-OH is 2. The van der Waals surface area contributed by atoms with Gasteiger partial charge in [0.05, 0.1) is 13.2 Å². The summed E-state index contributed by atoms with van der Waals surface area (Å²) in [5.74, 6) is 0.0912. The van der Waals surface area contributed by atoms with Gasteiger partial charge in [-0.25, -0.2) is 4.79 Å². The molecule has 1 aliphatic rings. The van der Waals surface area contributed by atoms with Crippen molar-refractivity contribution < 1.29 is 20.1 Å². The van der Waals surface area contributed by atoms with E-state index in [1.165, 1.54) is 13.1 Å². The Bertz CT molecular complexity index is 653. The van der Waals surface area contributed by atoms with Crippen molar-refractivity contribution in [3.63, 3.8) is 0 Å². The van der Waals surface area contributed by atoms with Crippen molar-refractivity contribution in [2.24, 2.45) is 0 Å². The summed E-state index contributed by atoms with van der Waals surface area (Å²) in [6, 6.07) is 0. The Morgan fingerprint density at radius 2 is 2.09 bits per heavy atom. The van der Waals surface area contributed by atoms with Gasteiger partial charge in [-0.1, -0.05) is 0 Å². The molecule has 0 aliphatic carbocycles. The number of aryl methyl sites for hydroxylation is 1. The molecule has 0 unspecified atom stereocenters. The number of nitrogens with one attached hydrogen (secondary N) is 1. The van der Waals surface area contributed by atoms with Crippen LogP contribution in [-0.4, -0.2) is 55.2 Å². The molecule has 2 atom stereocenters. The number of hydrogen-bond acceptors (Lipinski definition) is 6. The van der Waals surface area contributed by atoms with Crippen molar-refractivity contribution in [1.29, 1.82) is 0 Å². The van der Waals surface area contributed by atoms with Crippen LogP contribution in [0.4, 0.5) is 0 Å². The third-order valence-corrected chi connectivity index (χ3v) is 4.39. The van der Waals surface area contributed by atoms with Gasteiger partial charge in [0.15, 0.2) is 0 Å². The van der Waals surface area contributed by atoms with Gasteiger partial charge in [-0.3, -0.25) is 14.3 Å². The molecule has 1 aromatic heterocycles. The summed E-state index contributed by atoms with van der Waals surface area (Å²) in [4.78, 5) is 25.5. The molecule has 22 heavy (non-hydrogen) atoms. The minimum atomic E-state index is -1.63. The van der Waals surface area contributed by atoms with Gasteiger partial charge in [0.2, 0.25) is 0 Å². The Hall–Kier alpha value is -1.19. The lowest BCUT2D eigenvalue weighted by atomic mass is 9.81. The van der Waals surface area contributed by atoms with E-state index in [2.05, 4.69) is 4.98 Å². The summed E-state index contributed by atoms with van der Waals surface area (Å²) in [6.07, 6.45) is 0.406. The number of nitrogens with zero attached hydrogens (tertiary/aromatic N) is 1. The van der Waals surface area contributed by atoms with Crippen LogP contribution >= 0.6 is 11.6 Å². The van der Waals surface area contributed by atoms with Crippen LogP contribution in [0.1, 0.15) is 24.6 Å². The Labute approximate surface area is 130 Å². The first-order valence-corrected chi connectivity index (χ1v) is 7.36. The number of halogens is 1. The van der Waals surface area contributed by atoms with Crippen molar-refractivity contribution >= 4 is 11.6 Å². The van der Waals surface area contributed by atoms with Gasteiger partial charge in [-0.05, 0) is 13.3 Å². The van der Waals surface area contributed by atoms with Gasteiger partial charge in [0.1, 0.15) is 17.4 Å². The molecule has 1 aromatic rings. The highest BCUT2D eigenvalue weighted by atomic mass is 35.5. The van der Waals surface area contributed by atoms with Crippen LogP contribution in [-0.2, 0) is 4.74 Å². The lowest BCUT2D eigenvalue weighted by molar-refractivity contribution is -0.185. The van der Waals surface area contributed by atoms with Gasteiger partial charge >= 0.3 is 5.69 Å². The predicted octanol–water partition coefficient (Wildman–Crippen LogP) is -1.15. The molecule has 4 N–H and O–H groups in total. The van der Waals surface area contributed by atoms with E-state index in [-0.39, 0.29) is 18.7 Å². The van der Waals surface area contributed by atoms with Crippen LogP contribution in [0.3, 0.4) is 0 Å². The third kappa shape index (κ3) is 2.61. The molecule has 8 nitrogen and oxygen atoms in total. The van der Waals surface area contributed by atoms with Gasteiger partial charge < -0.3 is 20.1 Å². The van der Waals surface area contributed by atoms with Crippen LogP contribution in [0, 0.1) is 6.92 Å². The van der Waals surface area contributed by atoms with E-state index in [4.69, 9.17) is 16.3 Å². The first-order valence-electron chi connectivity index (χ1n) is 6.82. The number of rotatable bonds is 5. The molecule has 124 valence electrons. The topological polar surface area (TPSA) is 125 Å². The summed E-state index contributed by atoms with van der Waals surface area (Å²) in [6.45, 7) is 0.259. The monoisotopic (exact) mass is 334 g/mol. The Kier molecular flexibility index (Phi) is 4.78. The fraction of sp³-hybridized carbons (Fsp3) is 0.692. The standard InChI is InChI=1S/C13H19ClN2O6/c1-8-5-16(11(20)15-10(8)19)9-4-12(21,2-3-14)13(6-17,7-18)22-9/h5,9,17-18,21H,2-4,6-7H2,1H3,(H,15,19,20)/t9-,12-/m1/s1. The zero-order chi connectivity index (χ0) is 16.5. The molecule has 2 heterocycles. The van der Waals surface area contributed by atoms with Crippen molar-refractivity contribution in [3.8, 4) is 0 Å². The van der Waals surface area contributed by atoms with Crippen LogP contribution in [0.5, 0.6) is 0 Å². The van der Waals surface area contributed by atoms with Crippen molar-refractivity contribution in [1.82, 2.24) is 9.55 Å². The molecule has 2 rings (SSSR count). The predicted molar refractivity (Wildman–Crippen MR) is 78.0 cm³/mol. The number of aromatic amines is 1. The molecule has 0 aromatic carbocycles. The minimum Gasteiger partial charge on any atom is -0.393 e. The van der Waals surface area contributed by atoms with E-state index in [9.17, 15) is 24.9 Å². The number of ether oxygens (including phenoxy) is 1. The largest absolute Gasteiger partial charge is 0.393 e. The van der Waals surface area contributed by atoms with Crippen molar-refractivity contribution in [2.45, 2.75) is 37.2 Å². The SMILES string of the molecule is Cc1cn([C@H]2C[C@](O)(CCCl)C(CO)(CO)O2)c(=O)[nH]c1=O. The van der Waals surface area contributed by atoms with E-state index in [1.807, 2.05) is 0 Å². The number of aromatic nitrogens is 2. The quantitative estimate of drug-likeness (QED) is 0.504. The van der Waals surface area contributed by atoms with Gasteiger partial charge in [-0.15, -0.1) is 11.6 Å². The van der Waals surface area contributed by atoms with E-state index in [1.54, 1.807) is 0 Å². The summed E-state index contributed by atoms with van der Waals surface area (Å²) < 4.78 is 6.74. The molecular weight excluding hydrogens is 316 g/mol. The van der Waals surface area contributed by atoms with E-state index in [0.717, 1.165) is 4.57 Å². The highest BCUT2D eigenvalue weighted by Gasteiger charge is 2.58. The number of H-pyrrole nitrogens is 1. The Balaban J connectivity index is 2.46. The average molecular weight is 335 g/mol. The zero-order valence-electron chi connectivity index (χ0n) is 12.1. The molecular formula is C13H19ClN2O6. The number of aliphatic hydroxyl groups is 3. The van der Waals surface area contributed by atoms with Gasteiger partial charge in [-0.2, -0.15) is 0 Å². The molecule has 1 saturated heterocycles. The maximum atomic E-state index is 11.9. The molecule has 0 spiro atoms. The fourth-order valence-corrected chi connectivity index (χ4v) is 3.06. The van der Waals surface area contributed by atoms with Crippen LogP contribution in [0.2, 0.25) is 0 Å². The number of hydrogen-bond donors (Lipinski definition) is 4. The molecule has 0 amide bonds. The van der Waals surface area contributed by atoms with Gasteiger partial charge in [0.25, 0.3) is 5.56 Å². The molecule has 9 heteroatoms. The molecule has 1 aliphatic heterocycles. The second-order valence-corrected chi connectivity index (χ2v) is 5.91. The lowest BCUT2D eigenvalue weighted by Crippen LogP contribution is -2.56. The van der Waals surface area contributed by atoms with Crippen LogP contribution < -0.4 is 11.2 Å². The van der Waals surface area contributed by atoms with Gasteiger partial charge in [0, 0.05) is 24.1 Å². The minimum absolute atomic E-state index is 0.0494. The maximum Gasteiger partial charge on any atom is 0.330 e. The van der Waals surface area contributed by atoms with E-state index < -0.39 is 41.9 Å². The second-order valence-electron chi connectivity index (χ2n) is 5.54. The summed E-state index contributed by atoms with van der Waals surface area (Å²) in [5.41, 5.74) is -4.12. The lowest BCUT2D eigenvalue weighted by Gasteiger charge is -2.37. The normalized spacial score (nSPS) is 27.2. The highest BCUT2D eigenvalue weighted by Crippen LogP contribution is 2.45. The van der Waals surface area contributed by atoms with E-state index in [0.29, 0.717) is 5.56 Å². The zero-order valence-corrected chi connectivity index (χ0v) is 12.8. The summed E-state index contributed by atoms with van der Waals surface area (Å²) in [5, 5.41) is 29.9. The maximum absolute atomic E-state index is 11.9. The molecule has 1 fully saturated rings. The first kappa shape index (κ1) is 17.2. The highest BCUT2D eigenvalue weighted by molar-refractivity contribution is 6.17. The fourth-order valence-electron chi connectivity index (χ4n) is 2.75. The number of alkyl halides is 1. The Morgan fingerprint density at radius 3 is 2.64 bits per heavy atom. The molecule has 0 bridgehead atoms. The van der Waals surface area contributed by atoms with Crippen molar-refractivity contribution in [2.75, 3.05) is 19.1 Å². The summed E-state index contributed by atoms with van der Waals surface area (Å²) >= 11 is 5.69. The smallest absolute Gasteiger partial charge is 0.330 e. The summed E-state index contributed by atoms with van der Waals surface area (Å²) in [7, 11) is 0. The van der Waals surface area contributed by atoms with Crippen molar-refractivity contribution in [3.05, 3.63) is 32.6 Å². The molecule has 0 saturated carbocycles. The van der Waals surface area contributed by atoms with Crippen LogP contribution in [0.25, 0.3) is 0 Å². The first-order chi connectivity index (χ1) is 10.3. The third-order valence-electron chi connectivity index (χ3n) is 4.20. The average Bonchev–Trinajstić information content (AvgIpc) is 2.76. The van der Waals surface area contributed by atoms with E-state index >= 15 is 0 Å². The Morgan fingerprint density at radius 1 is 1.45 bits per heavy atom. The second kappa shape index (κ2) is 6.13.